The number of carbonyl (C=O) groups excluding carboxylic acids is 1. The number of carboxylic acids is 1. The molecule has 1 aliphatic heterocycles. The van der Waals surface area contributed by atoms with E-state index in [1.807, 2.05) is 0 Å². The number of hydrogen-bond acceptors (Lipinski definition) is 2. The number of aliphatic carboxylic acids is 1. The molecule has 10 heavy (non-hydrogen) atoms. The van der Waals surface area contributed by atoms with Crippen LogP contribution in [0.3, 0.4) is 0 Å². The molecule has 1 saturated heterocycles. The van der Waals surface area contributed by atoms with Gasteiger partial charge in [-0.25, -0.2) is 0 Å². The molecule has 0 aromatic rings. The normalized spacial score (nSPS) is 19.6. The first-order chi connectivity index (χ1) is 4.30. The van der Waals surface area contributed by atoms with E-state index < -0.39 is 5.97 Å². The summed E-state index contributed by atoms with van der Waals surface area (Å²) in [6.45, 7) is 1.89. The molecule has 0 radical (unpaired) electrons. The zero-order chi connectivity index (χ0) is 6.69. The van der Waals surface area contributed by atoms with Crippen LogP contribution in [-0.2, 0) is 4.79 Å². The van der Waals surface area contributed by atoms with Crippen molar-refractivity contribution in [3.05, 3.63) is 0 Å². The summed E-state index contributed by atoms with van der Waals surface area (Å²) in [5.41, 5.74) is 0. The Balaban J connectivity index is 0.000000810. The molecule has 0 aliphatic carbocycles. The van der Waals surface area contributed by atoms with Crippen LogP contribution >= 0.6 is 0 Å². The predicted octanol–water partition coefficient (Wildman–Crippen LogP) is -3.11. The van der Waals surface area contributed by atoms with Crippen molar-refractivity contribution in [2.75, 3.05) is 13.1 Å². The van der Waals surface area contributed by atoms with Gasteiger partial charge in [0.15, 0.2) is 0 Å². The minimum atomic E-state index is -0.872. The van der Waals surface area contributed by atoms with Gasteiger partial charge in [-0.05, 0) is 0 Å². The van der Waals surface area contributed by atoms with Gasteiger partial charge in [-0.1, -0.05) is 0 Å². The minimum absolute atomic E-state index is 0. The third kappa shape index (κ3) is 2.33. The summed E-state index contributed by atoms with van der Waals surface area (Å²) in [7, 11) is 0. The number of nitrogens with two attached hydrogens (primary N) is 1. The van der Waals surface area contributed by atoms with E-state index in [0.29, 0.717) is 0 Å². The van der Waals surface area contributed by atoms with Gasteiger partial charge in [-0.2, -0.15) is 0 Å². The summed E-state index contributed by atoms with van der Waals surface area (Å²) >= 11 is 0. The average molecular weight is 147 g/mol. The fraction of sp³-hybridized carbons (Fsp3) is 0.833. The second kappa shape index (κ2) is 4.24. The van der Waals surface area contributed by atoms with Gasteiger partial charge >= 0.3 is 0 Å². The summed E-state index contributed by atoms with van der Waals surface area (Å²) < 4.78 is 0. The maximum absolute atomic E-state index is 10.2. The summed E-state index contributed by atoms with van der Waals surface area (Å²) in [6, 6.07) is 0. The van der Waals surface area contributed by atoms with Crippen LogP contribution in [0.2, 0.25) is 0 Å². The van der Waals surface area contributed by atoms with Crippen LogP contribution in [0, 0.1) is 5.92 Å². The van der Waals surface area contributed by atoms with Gasteiger partial charge in [0.05, 0.1) is 13.1 Å². The van der Waals surface area contributed by atoms with Gasteiger partial charge in [-0.3, -0.25) is 0 Å². The molecule has 1 fully saturated rings. The van der Waals surface area contributed by atoms with Gasteiger partial charge in [0.2, 0.25) is 0 Å². The van der Waals surface area contributed by atoms with Crippen LogP contribution in [0.1, 0.15) is 12.8 Å². The van der Waals surface area contributed by atoms with E-state index in [4.69, 9.17) is 0 Å². The van der Waals surface area contributed by atoms with E-state index in [-0.39, 0.29) is 11.4 Å². The van der Waals surface area contributed by atoms with E-state index in [1.54, 1.807) is 0 Å². The van der Waals surface area contributed by atoms with E-state index in [1.165, 1.54) is 0 Å². The van der Waals surface area contributed by atoms with Crippen molar-refractivity contribution in [2.24, 2.45) is 5.92 Å². The topological polar surface area (TPSA) is 88.2 Å². The maximum atomic E-state index is 10.2. The lowest BCUT2D eigenvalue weighted by atomic mass is 9.99. The van der Waals surface area contributed by atoms with Crippen LogP contribution < -0.4 is 10.4 Å². The van der Waals surface area contributed by atoms with Gasteiger partial charge in [0, 0.05) is 24.7 Å². The molecule has 4 N–H and O–H groups in total. The summed E-state index contributed by atoms with van der Waals surface area (Å²) in [5, 5.41) is 12.4. The Morgan fingerprint density at radius 3 is 2.20 bits per heavy atom. The van der Waals surface area contributed by atoms with E-state index in [0.717, 1.165) is 25.9 Å². The van der Waals surface area contributed by atoms with Crippen LogP contribution in [0.5, 0.6) is 0 Å². The third-order valence-electron chi connectivity index (χ3n) is 1.77. The number of carbonyl (C=O) groups is 1. The molecule has 60 valence electrons. The first-order valence-electron chi connectivity index (χ1n) is 3.33. The lowest BCUT2D eigenvalue weighted by molar-refractivity contribution is -0.664. The molecular weight excluding hydrogens is 134 g/mol. The molecule has 0 aromatic carbocycles. The minimum Gasteiger partial charge on any atom is -0.550 e. The van der Waals surface area contributed by atoms with Crippen LogP contribution in [-0.4, -0.2) is 24.5 Å². The largest absolute Gasteiger partial charge is 0.550 e. The quantitative estimate of drug-likeness (QED) is 0.425. The van der Waals surface area contributed by atoms with Gasteiger partial charge in [-0.15, -0.1) is 0 Å². The van der Waals surface area contributed by atoms with Crippen molar-refractivity contribution < 1.29 is 20.7 Å². The molecule has 0 atom stereocenters. The average Bonchev–Trinajstić information content (AvgIpc) is 1.90. The zero-order valence-corrected chi connectivity index (χ0v) is 5.80. The molecule has 0 spiro atoms. The van der Waals surface area contributed by atoms with Gasteiger partial charge in [0.1, 0.15) is 0 Å². The Hall–Kier alpha value is -0.610. The maximum Gasteiger partial charge on any atom is 0.0761 e. The molecule has 1 rings (SSSR count). The van der Waals surface area contributed by atoms with Crippen LogP contribution in [0.15, 0.2) is 0 Å². The molecule has 0 saturated carbocycles. The van der Waals surface area contributed by atoms with Crippen molar-refractivity contribution in [2.45, 2.75) is 12.8 Å². The number of quaternary nitrogens is 1. The third-order valence-corrected chi connectivity index (χ3v) is 1.77. The number of hydrogen-bond donors (Lipinski definition) is 1. The Kier molecular flexibility index (Phi) is 3.99. The lowest BCUT2D eigenvalue weighted by Gasteiger charge is -2.20. The van der Waals surface area contributed by atoms with Crippen LogP contribution in [0.4, 0.5) is 0 Å². The van der Waals surface area contributed by atoms with Crippen LogP contribution in [0.25, 0.3) is 0 Å². The molecule has 0 amide bonds. The van der Waals surface area contributed by atoms with E-state index in [9.17, 15) is 9.90 Å². The molecule has 0 bridgehead atoms. The molecular formula is C6H13NO3. The highest BCUT2D eigenvalue weighted by Gasteiger charge is 2.15. The SMILES string of the molecule is O.O=C([O-])C1CC[NH2+]CC1. The predicted molar refractivity (Wildman–Crippen MR) is 33.0 cm³/mol. The van der Waals surface area contributed by atoms with Crippen molar-refractivity contribution >= 4 is 5.97 Å². The van der Waals surface area contributed by atoms with Gasteiger partial charge in [0.25, 0.3) is 0 Å². The molecule has 0 aromatic heterocycles. The lowest BCUT2D eigenvalue weighted by Crippen LogP contribution is -2.86. The summed E-state index contributed by atoms with van der Waals surface area (Å²) in [4.78, 5) is 10.2. The Morgan fingerprint density at radius 2 is 1.90 bits per heavy atom. The van der Waals surface area contributed by atoms with E-state index in [2.05, 4.69) is 5.32 Å². The fourth-order valence-corrected chi connectivity index (χ4v) is 1.16. The Bertz CT molecular complexity index is 110. The number of piperidine rings is 1. The van der Waals surface area contributed by atoms with Crippen molar-refractivity contribution in [1.29, 1.82) is 0 Å². The van der Waals surface area contributed by atoms with Crippen molar-refractivity contribution in [3.8, 4) is 0 Å². The fourth-order valence-electron chi connectivity index (χ4n) is 1.16. The standard InChI is InChI=1S/C6H11NO2.H2O/c8-6(9)5-1-3-7-4-2-5;/h5,7H,1-4H2,(H,8,9);1H2. The monoisotopic (exact) mass is 147 g/mol. The highest BCUT2D eigenvalue weighted by atomic mass is 16.4. The molecule has 4 heteroatoms. The molecule has 4 nitrogen and oxygen atoms in total. The number of carboxylic acid groups (broad SMARTS) is 1. The molecule has 0 unspecified atom stereocenters. The Labute approximate surface area is 59.5 Å². The second-order valence-electron chi connectivity index (χ2n) is 2.46. The highest BCUT2D eigenvalue weighted by molar-refractivity contribution is 5.67. The zero-order valence-electron chi connectivity index (χ0n) is 5.80. The summed E-state index contributed by atoms with van der Waals surface area (Å²) in [6.07, 6.45) is 1.56. The van der Waals surface area contributed by atoms with Crippen molar-refractivity contribution in [1.82, 2.24) is 0 Å². The molecule has 1 aliphatic rings. The molecule has 1 heterocycles. The Morgan fingerprint density at radius 1 is 1.40 bits per heavy atom. The summed E-state index contributed by atoms with van der Waals surface area (Å²) in [5.74, 6) is -1.04. The van der Waals surface area contributed by atoms with Crippen molar-refractivity contribution in [3.63, 3.8) is 0 Å². The van der Waals surface area contributed by atoms with E-state index >= 15 is 0 Å². The second-order valence-corrected chi connectivity index (χ2v) is 2.46. The van der Waals surface area contributed by atoms with Gasteiger partial charge < -0.3 is 20.7 Å². The first kappa shape index (κ1) is 9.39. The first-order valence-corrected chi connectivity index (χ1v) is 3.33. The number of rotatable bonds is 1. The highest BCUT2D eigenvalue weighted by Crippen LogP contribution is 2.05. The smallest absolute Gasteiger partial charge is 0.0761 e.